The van der Waals surface area contributed by atoms with Crippen molar-refractivity contribution < 1.29 is 52.4 Å². The van der Waals surface area contributed by atoms with Crippen LogP contribution < -0.4 is 34.3 Å². The first-order valence-corrected chi connectivity index (χ1v) is 5.67. The summed E-state index contributed by atoms with van der Waals surface area (Å²) in [4.78, 5) is 0. The number of rotatable bonds is 3. The normalized spacial score (nSPS) is 12.8. The van der Waals surface area contributed by atoms with Gasteiger partial charge in [0.25, 0.3) is 0 Å². The second kappa shape index (κ2) is 6.20. The van der Waals surface area contributed by atoms with E-state index in [1.807, 2.05) is 0 Å². The first-order chi connectivity index (χ1) is 6.86. The van der Waals surface area contributed by atoms with Crippen molar-refractivity contribution in [1.29, 1.82) is 0 Å². The molecular formula is C8H8ClNaO5S. The fraction of sp³-hybridized carbons (Fsp3) is 0.250. The van der Waals surface area contributed by atoms with Crippen molar-refractivity contribution in [2.45, 2.75) is 5.44 Å². The Labute approximate surface area is 120 Å². The third-order valence-electron chi connectivity index (χ3n) is 1.73. The number of ether oxygens (including phenoxy) is 1. The molecule has 1 unspecified atom stereocenters. The molecule has 1 aromatic rings. The Morgan fingerprint density at radius 3 is 2.44 bits per heavy atom. The maximum Gasteiger partial charge on any atom is 1.00 e. The van der Waals surface area contributed by atoms with E-state index in [0.29, 0.717) is 5.75 Å². The van der Waals surface area contributed by atoms with Crippen LogP contribution in [0.25, 0.3) is 0 Å². The Hall–Kier alpha value is 0.180. The molecule has 0 saturated heterocycles. The zero-order valence-corrected chi connectivity index (χ0v) is 12.2. The quantitative estimate of drug-likeness (QED) is 0.503. The van der Waals surface area contributed by atoms with Gasteiger partial charge >= 0.3 is 29.6 Å². The molecule has 0 aliphatic rings. The third-order valence-corrected chi connectivity index (χ3v) is 2.85. The number of aliphatic hydroxyl groups is 1. The van der Waals surface area contributed by atoms with Crippen LogP contribution in [0.1, 0.15) is 11.0 Å². The minimum atomic E-state index is -4.79. The summed E-state index contributed by atoms with van der Waals surface area (Å²) in [6, 6.07) is 3.79. The van der Waals surface area contributed by atoms with Gasteiger partial charge in [-0.15, -0.1) is 0 Å². The molecular weight excluding hydrogens is 267 g/mol. The summed E-state index contributed by atoms with van der Waals surface area (Å²) in [6.45, 7) is 0. The van der Waals surface area contributed by atoms with Crippen LogP contribution in [0.2, 0.25) is 5.02 Å². The molecule has 84 valence electrons. The van der Waals surface area contributed by atoms with Crippen LogP contribution in [0.3, 0.4) is 0 Å². The van der Waals surface area contributed by atoms with Gasteiger partial charge in [-0.05, 0) is 17.7 Å². The molecule has 1 rings (SSSR count). The van der Waals surface area contributed by atoms with E-state index >= 15 is 0 Å². The van der Waals surface area contributed by atoms with Crippen LogP contribution in [0.15, 0.2) is 18.2 Å². The summed E-state index contributed by atoms with van der Waals surface area (Å²) >= 11 is 5.69. The maximum atomic E-state index is 10.5. The van der Waals surface area contributed by atoms with Gasteiger partial charge in [0.1, 0.15) is 15.9 Å². The summed E-state index contributed by atoms with van der Waals surface area (Å²) in [5.41, 5.74) is -2.20. The van der Waals surface area contributed by atoms with Crippen molar-refractivity contribution >= 4 is 21.7 Å². The SMILES string of the molecule is COc1ccc(C(O)S(=O)(=O)[O-])cc1Cl.[Na+]. The van der Waals surface area contributed by atoms with E-state index in [1.165, 1.54) is 25.3 Å². The molecule has 1 N–H and O–H groups in total. The van der Waals surface area contributed by atoms with Gasteiger partial charge < -0.3 is 14.4 Å². The minimum Gasteiger partial charge on any atom is -0.746 e. The average molecular weight is 275 g/mol. The molecule has 0 radical (unpaired) electrons. The second-order valence-electron chi connectivity index (χ2n) is 2.74. The Kier molecular flexibility index (Phi) is 6.27. The Balaban J connectivity index is 0.00000225. The molecule has 0 aliphatic heterocycles. The van der Waals surface area contributed by atoms with E-state index in [9.17, 15) is 13.0 Å². The van der Waals surface area contributed by atoms with Gasteiger partial charge in [0.2, 0.25) is 0 Å². The van der Waals surface area contributed by atoms with Gasteiger partial charge in [0, 0.05) is 0 Å². The molecule has 0 fully saturated rings. The van der Waals surface area contributed by atoms with Crippen LogP contribution in [0, 0.1) is 0 Å². The minimum absolute atomic E-state index is 0. The monoisotopic (exact) mass is 274 g/mol. The van der Waals surface area contributed by atoms with E-state index in [0.717, 1.165) is 0 Å². The molecule has 0 aromatic heterocycles. The number of hydrogen-bond donors (Lipinski definition) is 1. The molecule has 16 heavy (non-hydrogen) atoms. The summed E-state index contributed by atoms with van der Waals surface area (Å²) in [5, 5.41) is 9.27. The smallest absolute Gasteiger partial charge is 0.746 e. The fourth-order valence-corrected chi connectivity index (χ4v) is 1.75. The van der Waals surface area contributed by atoms with Crippen molar-refractivity contribution in [3.05, 3.63) is 28.8 Å². The van der Waals surface area contributed by atoms with Crippen molar-refractivity contribution in [1.82, 2.24) is 0 Å². The van der Waals surface area contributed by atoms with Crippen LogP contribution in [0.4, 0.5) is 0 Å². The Morgan fingerprint density at radius 2 is 2.06 bits per heavy atom. The molecule has 0 saturated carbocycles. The number of hydrogen-bond acceptors (Lipinski definition) is 5. The molecule has 5 nitrogen and oxygen atoms in total. The molecule has 1 aromatic carbocycles. The predicted octanol–water partition coefficient (Wildman–Crippen LogP) is -2.11. The van der Waals surface area contributed by atoms with Gasteiger partial charge in [-0.3, -0.25) is 0 Å². The van der Waals surface area contributed by atoms with Gasteiger partial charge in [0.05, 0.1) is 12.1 Å². The van der Waals surface area contributed by atoms with E-state index in [1.54, 1.807) is 0 Å². The average Bonchev–Trinajstić information content (AvgIpc) is 2.15. The zero-order chi connectivity index (χ0) is 11.6. The summed E-state index contributed by atoms with van der Waals surface area (Å²) < 4.78 is 36.4. The summed E-state index contributed by atoms with van der Waals surface area (Å²) in [6.07, 6.45) is 0. The van der Waals surface area contributed by atoms with Crippen molar-refractivity contribution in [3.63, 3.8) is 0 Å². The second-order valence-corrected chi connectivity index (χ2v) is 4.58. The van der Waals surface area contributed by atoms with Crippen LogP contribution in [-0.4, -0.2) is 25.2 Å². The van der Waals surface area contributed by atoms with Crippen molar-refractivity contribution in [3.8, 4) is 5.75 Å². The van der Waals surface area contributed by atoms with Crippen LogP contribution in [0.5, 0.6) is 5.75 Å². The van der Waals surface area contributed by atoms with Gasteiger partial charge in [-0.2, -0.15) is 0 Å². The van der Waals surface area contributed by atoms with Gasteiger partial charge in [0.15, 0.2) is 5.44 Å². The van der Waals surface area contributed by atoms with Gasteiger partial charge in [-0.1, -0.05) is 17.7 Å². The third kappa shape index (κ3) is 3.89. The molecule has 1 atom stereocenters. The predicted molar refractivity (Wildman–Crippen MR) is 52.7 cm³/mol. The topological polar surface area (TPSA) is 86.7 Å². The molecule has 0 aliphatic carbocycles. The molecule has 0 bridgehead atoms. The van der Waals surface area contributed by atoms with E-state index in [2.05, 4.69) is 0 Å². The number of aliphatic hydroxyl groups excluding tert-OH is 1. The Bertz CT molecular complexity index is 461. The zero-order valence-electron chi connectivity index (χ0n) is 8.68. The summed E-state index contributed by atoms with van der Waals surface area (Å²) in [5.74, 6) is 0.330. The van der Waals surface area contributed by atoms with E-state index in [4.69, 9.17) is 21.4 Å². The van der Waals surface area contributed by atoms with E-state index < -0.39 is 15.6 Å². The maximum absolute atomic E-state index is 10.5. The number of halogens is 1. The van der Waals surface area contributed by atoms with Gasteiger partial charge in [-0.25, -0.2) is 8.42 Å². The Morgan fingerprint density at radius 1 is 1.50 bits per heavy atom. The van der Waals surface area contributed by atoms with Crippen LogP contribution in [-0.2, 0) is 10.1 Å². The number of benzene rings is 1. The first kappa shape index (κ1) is 16.2. The fourth-order valence-electron chi connectivity index (χ4n) is 1.00. The first-order valence-electron chi connectivity index (χ1n) is 3.82. The molecule has 0 spiro atoms. The molecule has 0 heterocycles. The van der Waals surface area contributed by atoms with Crippen molar-refractivity contribution in [2.75, 3.05) is 7.11 Å². The number of methoxy groups -OCH3 is 1. The standard InChI is InChI=1S/C8H9ClO5S.Na/c1-14-7-3-2-5(4-6(7)9)8(10)15(11,12)13;/h2-4,8,10H,1H3,(H,11,12,13);/q;+1/p-1. The summed E-state index contributed by atoms with van der Waals surface area (Å²) in [7, 11) is -3.40. The largest absolute Gasteiger partial charge is 1.00 e. The molecule has 0 amide bonds. The van der Waals surface area contributed by atoms with Crippen molar-refractivity contribution in [2.24, 2.45) is 0 Å². The molecule has 8 heteroatoms. The van der Waals surface area contributed by atoms with E-state index in [-0.39, 0.29) is 40.1 Å². The van der Waals surface area contributed by atoms with Crippen LogP contribution >= 0.6 is 11.6 Å².